The first-order valence-electron chi connectivity index (χ1n) is 9.82. The van der Waals surface area contributed by atoms with Crippen LogP contribution in [-0.2, 0) is 6.54 Å². The Kier molecular flexibility index (Phi) is 4.55. The molecule has 4 aromatic rings. The van der Waals surface area contributed by atoms with E-state index in [0.29, 0.717) is 5.89 Å². The summed E-state index contributed by atoms with van der Waals surface area (Å²) in [7, 11) is 0. The second-order valence-corrected chi connectivity index (χ2v) is 7.28. The molecule has 5 rings (SSSR count). The topological polar surface area (TPSA) is 32.5 Å². The molecule has 4 heteroatoms. The van der Waals surface area contributed by atoms with Gasteiger partial charge < -0.3 is 9.32 Å². The number of nitrogens with zero attached hydrogens (tertiary/aromatic N) is 3. The van der Waals surface area contributed by atoms with Crippen LogP contribution >= 0.6 is 0 Å². The number of piperazine rings is 1. The van der Waals surface area contributed by atoms with Crippen molar-refractivity contribution in [3.63, 3.8) is 0 Å². The molecule has 0 unspecified atom stereocenters. The molecule has 1 aliphatic rings. The maximum absolute atomic E-state index is 5.87. The molecule has 0 radical (unpaired) electrons. The van der Waals surface area contributed by atoms with E-state index in [2.05, 4.69) is 69.4 Å². The van der Waals surface area contributed by atoms with Gasteiger partial charge >= 0.3 is 0 Å². The van der Waals surface area contributed by atoms with Crippen LogP contribution in [0.25, 0.3) is 22.6 Å². The van der Waals surface area contributed by atoms with Crippen molar-refractivity contribution in [1.29, 1.82) is 0 Å². The predicted octanol–water partition coefficient (Wildman–Crippen LogP) is 4.82. The summed E-state index contributed by atoms with van der Waals surface area (Å²) in [5.74, 6) is 0.684. The first-order chi connectivity index (χ1) is 13.8. The van der Waals surface area contributed by atoms with E-state index in [1.165, 1.54) is 11.3 Å². The van der Waals surface area contributed by atoms with Gasteiger partial charge in [0.15, 0.2) is 5.58 Å². The van der Waals surface area contributed by atoms with Gasteiger partial charge in [0.2, 0.25) is 5.89 Å². The summed E-state index contributed by atoms with van der Waals surface area (Å²) in [5.41, 5.74) is 5.41. The summed E-state index contributed by atoms with van der Waals surface area (Å²) >= 11 is 0. The molecule has 0 bridgehead atoms. The number of aromatic nitrogens is 1. The fourth-order valence-electron chi connectivity index (χ4n) is 3.81. The molecule has 4 nitrogen and oxygen atoms in total. The minimum atomic E-state index is 0.684. The first-order valence-corrected chi connectivity index (χ1v) is 9.82. The Morgan fingerprint density at radius 3 is 2.21 bits per heavy atom. The molecule has 0 aliphatic carbocycles. The van der Waals surface area contributed by atoms with E-state index in [1.54, 1.807) is 0 Å². The third-order valence-corrected chi connectivity index (χ3v) is 5.39. The Hall–Kier alpha value is -3.11. The molecular formula is C24H23N3O. The molecular weight excluding hydrogens is 346 g/mol. The number of benzene rings is 3. The van der Waals surface area contributed by atoms with E-state index in [4.69, 9.17) is 4.42 Å². The molecule has 0 atom stereocenters. The van der Waals surface area contributed by atoms with Crippen molar-refractivity contribution < 1.29 is 4.42 Å². The normalized spacial score (nSPS) is 15.2. The number of fused-ring (bicyclic) bond motifs is 1. The Labute approximate surface area is 165 Å². The van der Waals surface area contributed by atoms with Gasteiger partial charge in [0.25, 0.3) is 0 Å². The number of para-hydroxylation sites is 3. The van der Waals surface area contributed by atoms with Gasteiger partial charge in [-0.1, -0.05) is 42.5 Å². The van der Waals surface area contributed by atoms with Crippen molar-refractivity contribution >= 4 is 16.8 Å². The van der Waals surface area contributed by atoms with Crippen LogP contribution in [-0.4, -0.2) is 36.1 Å². The molecule has 1 saturated heterocycles. The van der Waals surface area contributed by atoms with Gasteiger partial charge in [-0.05, 0) is 42.0 Å². The minimum Gasteiger partial charge on any atom is -0.436 e. The van der Waals surface area contributed by atoms with E-state index in [0.717, 1.165) is 49.4 Å². The van der Waals surface area contributed by atoms with Crippen molar-refractivity contribution in [2.24, 2.45) is 0 Å². The third-order valence-electron chi connectivity index (χ3n) is 5.39. The summed E-state index contributed by atoms with van der Waals surface area (Å²) in [4.78, 5) is 9.57. The molecule has 0 N–H and O–H groups in total. The summed E-state index contributed by atoms with van der Waals surface area (Å²) in [6.07, 6.45) is 0. The predicted molar refractivity (Wildman–Crippen MR) is 113 cm³/mol. The fourth-order valence-corrected chi connectivity index (χ4v) is 3.81. The summed E-state index contributed by atoms with van der Waals surface area (Å²) < 4.78 is 5.87. The Balaban J connectivity index is 1.22. The van der Waals surface area contributed by atoms with Crippen molar-refractivity contribution in [3.05, 3.63) is 84.4 Å². The van der Waals surface area contributed by atoms with Crippen LogP contribution in [0.5, 0.6) is 0 Å². The van der Waals surface area contributed by atoms with Crippen LogP contribution in [0.4, 0.5) is 5.69 Å². The van der Waals surface area contributed by atoms with E-state index < -0.39 is 0 Å². The quantitative estimate of drug-likeness (QED) is 0.516. The first kappa shape index (κ1) is 17.0. The number of oxazole rings is 1. The summed E-state index contributed by atoms with van der Waals surface area (Å²) in [5, 5.41) is 0. The van der Waals surface area contributed by atoms with Crippen molar-refractivity contribution in [2.75, 3.05) is 31.1 Å². The molecule has 0 amide bonds. The maximum Gasteiger partial charge on any atom is 0.227 e. The third kappa shape index (κ3) is 3.51. The van der Waals surface area contributed by atoms with Gasteiger partial charge in [-0.15, -0.1) is 0 Å². The van der Waals surface area contributed by atoms with Crippen molar-refractivity contribution in [3.8, 4) is 11.5 Å². The molecule has 140 valence electrons. The molecule has 0 saturated carbocycles. The number of hydrogen-bond acceptors (Lipinski definition) is 4. The summed E-state index contributed by atoms with van der Waals surface area (Å²) in [6.45, 7) is 5.30. The minimum absolute atomic E-state index is 0.684. The zero-order valence-corrected chi connectivity index (χ0v) is 15.8. The van der Waals surface area contributed by atoms with E-state index >= 15 is 0 Å². The number of anilines is 1. The molecule has 28 heavy (non-hydrogen) atoms. The lowest BCUT2D eigenvalue weighted by atomic mass is 10.1. The van der Waals surface area contributed by atoms with Crippen LogP contribution in [0.3, 0.4) is 0 Å². The average molecular weight is 369 g/mol. The Bertz CT molecular complexity index is 1020. The summed E-state index contributed by atoms with van der Waals surface area (Å²) in [6, 6.07) is 27.2. The molecule has 1 aromatic heterocycles. The van der Waals surface area contributed by atoms with E-state index in [-0.39, 0.29) is 0 Å². The van der Waals surface area contributed by atoms with Gasteiger partial charge in [-0.25, -0.2) is 4.98 Å². The van der Waals surface area contributed by atoms with Crippen molar-refractivity contribution in [1.82, 2.24) is 9.88 Å². The van der Waals surface area contributed by atoms with Gasteiger partial charge in [0.1, 0.15) is 5.52 Å². The van der Waals surface area contributed by atoms with Gasteiger partial charge in [-0.3, -0.25) is 4.90 Å². The van der Waals surface area contributed by atoms with Gasteiger partial charge in [0, 0.05) is 44.0 Å². The zero-order chi connectivity index (χ0) is 18.8. The number of hydrogen-bond donors (Lipinski definition) is 0. The number of rotatable bonds is 4. The Morgan fingerprint density at radius 1 is 0.750 bits per heavy atom. The fraction of sp³-hybridized carbons (Fsp3) is 0.208. The average Bonchev–Trinajstić information content (AvgIpc) is 3.20. The highest BCUT2D eigenvalue weighted by atomic mass is 16.3. The van der Waals surface area contributed by atoms with Crippen molar-refractivity contribution in [2.45, 2.75) is 6.54 Å². The largest absolute Gasteiger partial charge is 0.436 e. The molecule has 0 spiro atoms. The molecule has 3 aromatic carbocycles. The lowest BCUT2D eigenvalue weighted by molar-refractivity contribution is 0.250. The molecule has 1 fully saturated rings. The zero-order valence-electron chi connectivity index (χ0n) is 15.8. The highest BCUT2D eigenvalue weighted by Crippen LogP contribution is 2.25. The monoisotopic (exact) mass is 369 g/mol. The van der Waals surface area contributed by atoms with Crippen LogP contribution in [0.15, 0.2) is 83.3 Å². The van der Waals surface area contributed by atoms with Crippen LogP contribution in [0.1, 0.15) is 5.56 Å². The highest BCUT2D eigenvalue weighted by Gasteiger charge is 2.17. The van der Waals surface area contributed by atoms with Crippen LogP contribution < -0.4 is 4.90 Å². The lowest BCUT2D eigenvalue weighted by Crippen LogP contribution is -2.45. The maximum atomic E-state index is 5.87. The standard InChI is InChI=1S/C24H23N3O/c1-2-6-21(7-3-1)27-16-14-26(15-17-27)18-19-10-12-20(13-11-19)24-25-22-8-4-5-9-23(22)28-24/h1-13H,14-18H2. The second kappa shape index (κ2) is 7.49. The molecule has 2 heterocycles. The Morgan fingerprint density at radius 2 is 1.46 bits per heavy atom. The van der Waals surface area contributed by atoms with E-state index in [9.17, 15) is 0 Å². The lowest BCUT2D eigenvalue weighted by Gasteiger charge is -2.36. The van der Waals surface area contributed by atoms with Crippen LogP contribution in [0, 0.1) is 0 Å². The van der Waals surface area contributed by atoms with Gasteiger partial charge in [-0.2, -0.15) is 0 Å². The highest BCUT2D eigenvalue weighted by molar-refractivity contribution is 5.75. The van der Waals surface area contributed by atoms with Crippen LogP contribution in [0.2, 0.25) is 0 Å². The smallest absolute Gasteiger partial charge is 0.227 e. The molecule has 1 aliphatic heterocycles. The van der Waals surface area contributed by atoms with E-state index in [1.807, 2.05) is 24.3 Å². The van der Waals surface area contributed by atoms with Gasteiger partial charge in [0.05, 0.1) is 0 Å². The SMILES string of the molecule is c1ccc(N2CCN(Cc3ccc(-c4nc5ccccc5o4)cc3)CC2)cc1. The second-order valence-electron chi connectivity index (χ2n) is 7.28.